The largest absolute Gasteiger partial charge is 0.462 e. The van der Waals surface area contributed by atoms with Gasteiger partial charge in [-0.1, -0.05) is 4.49 Å². The second-order valence-electron chi connectivity index (χ2n) is 4.29. The van der Waals surface area contributed by atoms with E-state index in [-0.39, 0.29) is 18.5 Å². The average Bonchev–Trinajstić information content (AvgIpc) is 3.04. The number of benzene rings is 1. The summed E-state index contributed by atoms with van der Waals surface area (Å²) in [5.41, 5.74) is -1.40. The number of carbonyl (C=O) groups excluding carboxylic acids is 2. The first kappa shape index (κ1) is 17.6. The Morgan fingerprint density at radius 1 is 1.25 bits per heavy atom. The molecule has 0 saturated carbocycles. The van der Waals surface area contributed by atoms with Gasteiger partial charge in [0, 0.05) is 12.3 Å². The molecule has 0 unspecified atom stereocenters. The van der Waals surface area contributed by atoms with E-state index in [1.165, 1.54) is 12.3 Å². The smallest absolute Gasteiger partial charge is 0.343 e. The molecule has 126 valence electrons. The molecule has 0 aliphatic rings. The lowest BCUT2D eigenvalue weighted by Gasteiger charge is -2.08. The minimum atomic E-state index is -1.45. The molecule has 1 N–H and O–H groups in total. The molecule has 24 heavy (non-hydrogen) atoms. The zero-order valence-electron chi connectivity index (χ0n) is 12.2. The Kier molecular flexibility index (Phi) is 5.64. The molecule has 2 aromatic rings. The summed E-state index contributed by atoms with van der Waals surface area (Å²) >= 11 is 1.02. The Hall–Kier alpha value is -2.75. The fraction of sp³-hybridized carbons (Fsp3) is 0.143. The zero-order valence-corrected chi connectivity index (χ0v) is 13.0. The molecule has 0 atom stereocenters. The third kappa shape index (κ3) is 3.96. The number of halogens is 3. The van der Waals surface area contributed by atoms with E-state index in [1.807, 2.05) is 0 Å². The van der Waals surface area contributed by atoms with Gasteiger partial charge in [0.25, 0.3) is 0 Å². The van der Waals surface area contributed by atoms with Gasteiger partial charge >= 0.3 is 5.97 Å². The molecular weight excluding hydrogens is 347 g/mol. The number of carbonyl (C=O) groups is 2. The minimum absolute atomic E-state index is 0.0397. The number of ketones is 1. The lowest BCUT2D eigenvalue weighted by Crippen LogP contribution is -2.19. The summed E-state index contributed by atoms with van der Waals surface area (Å²) < 4.78 is 48.3. The Balaban J connectivity index is 2.39. The van der Waals surface area contributed by atoms with Crippen LogP contribution in [0.2, 0.25) is 0 Å². The van der Waals surface area contributed by atoms with Crippen LogP contribution >= 0.6 is 11.5 Å². The molecule has 0 radical (unpaired) electrons. The second-order valence-corrected chi connectivity index (χ2v) is 4.90. The number of rotatable bonds is 6. The molecule has 1 aromatic heterocycles. The number of ether oxygens (including phenoxy) is 1. The predicted octanol–water partition coefficient (Wildman–Crippen LogP) is 2.70. The molecule has 2 rings (SSSR count). The van der Waals surface area contributed by atoms with Crippen LogP contribution < -0.4 is 5.32 Å². The van der Waals surface area contributed by atoms with Crippen molar-refractivity contribution >= 4 is 29.1 Å². The van der Waals surface area contributed by atoms with Crippen LogP contribution in [0.1, 0.15) is 17.3 Å². The summed E-state index contributed by atoms with van der Waals surface area (Å²) in [6, 6.07) is 0.605. The molecule has 0 aliphatic carbocycles. The summed E-state index contributed by atoms with van der Waals surface area (Å²) in [7, 11) is 0. The maximum Gasteiger partial charge on any atom is 0.343 e. The highest BCUT2D eigenvalue weighted by molar-refractivity contribution is 7.03. The Morgan fingerprint density at radius 3 is 2.58 bits per heavy atom. The van der Waals surface area contributed by atoms with Crippen molar-refractivity contribution in [3.05, 3.63) is 52.3 Å². The minimum Gasteiger partial charge on any atom is -0.462 e. The van der Waals surface area contributed by atoms with Gasteiger partial charge in [0.05, 0.1) is 17.6 Å². The molecule has 0 fully saturated rings. The summed E-state index contributed by atoms with van der Waals surface area (Å²) in [5, 5.41) is 7.65. The maximum absolute atomic E-state index is 13.8. The maximum atomic E-state index is 13.8. The van der Waals surface area contributed by atoms with Crippen LogP contribution in [0.25, 0.3) is 0 Å². The van der Waals surface area contributed by atoms with Crippen molar-refractivity contribution < 1.29 is 27.5 Å². The summed E-state index contributed by atoms with van der Waals surface area (Å²) in [6.07, 6.45) is 0.942. The van der Waals surface area contributed by atoms with Crippen molar-refractivity contribution in [2.45, 2.75) is 6.92 Å². The van der Waals surface area contributed by atoms with Crippen LogP contribution in [0, 0.1) is 17.5 Å². The molecule has 6 nitrogen and oxygen atoms in total. The highest BCUT2D eigenvalue weighted by atomic mass is 32.1. The van der Waals surface area contributed by atoms with E-state index < -0.39 is 40.3 Å². The van der Waals surface area contributed by atoms with Gasteiger partial charge in [0.2, 0.25) is 5.78 Å². The SMILES string of the molecule is CCOC(=O)/C(=C\Nc1csnn1)C(=O)c1cc(F)c(F)cc1F. The van der Waals surface area contributed by atoms with Crippen molar-refractivity contribution in [2.75, 3.05) is 11.9 Å². The monoisotopic (exact) mass is 357 g/mol. The number of anilines is 1. The molecule has 0 saturated heterocycles. The molecule has 1 aromatic carbocycles. The molecular formula is C14H10F3N3O3S. The van der Waals surface area contributed by atoms with Gasteiger partial charge in [0.15, 0.2) is 17.5 Å². The van der Waals surface area contributed by atoms with E-state index in [2.05, 4.69) is 14.9 Å². The van der Waals surface area contributed by atoms with E-state index in [1.54, 1.807) is 0 Å². The number of Topliss-reactive ketones (excluding diaryl/α,β-unsaturated/α-hetero) is 1. The number of nitrogens with one attached hydrogen (secondary N) is 1. The lowest BCUT2D eigenvalue weighted by molar-refractivity contribution is -0.138. The third-order valence-corrected chi connectivity index (χ3v) is 3.22. The van der Waals surface area contributed by atoms with Crippen molar-refractivity contribution in [3.8, 4) is 0 Å². The van der Waals surface area contributed by atoms with E-state index in [0.29, 0.717) is 6.07 Å². The van der Waals surface area contributed by atoms with Crippen LogP contribution in [-0.2, 0) is 9.53 Å². The standard InChI is InChI=1S/C14H10F3N3O3S/c1-2-23-14(22)8(5-18-12-6-24-20-19-12)13(21)7-3-10(16)11(17)4-9(7)15/h3-6,18H,2H2,1H3/b8-5-. The van der Waals surface area contributed by atoms with Gasteiger partial charge < -0.3 is 10.1 Å². The Morgan fingerprint density at radius 2 is 1.96 bits per heavy atom. The van der Waals surface area contributed by atoms with Gasteiger partial charge in [-0.25, -0.2) is 18.0 Å². The van der Waals surface area contributed by atoms with E-state index in [4.69, 9.17) is 4.74 Å². The van der Waals surface area contributed by atoms with Crippen LogP contribution in [0.15, 0.2) is 29.3 Å². The van der Waals surface area contributed by atoms with Crippen molar-refractivity contribution in [2.24, 2.45) is 0 Å². The number of hydrogen-bond acceptors (Lipinski definition) is 7. The zero-order chi connectivity index (χ0) is 17.7. The fourth-order valence-electron chi connectivity index (χ4n) is 1.64. The highest BCUT2D eigenvalue weighted by Crippen LogP contribution is 2.18. The molecule has 0 bridgehead atoms. The Labute approximate surface area is 138 Å². The molecule has 1 heterocycles. The van der Waals surface area contributed by atoms with Gasteiger partial charge in [-0.15, -0.1) is 5.10 Å². The Bertz CT molecular complexity index is 794. The number of hydrogen-bond donors (Lipinski definition) is 1. The topological polar surface area (TPSA) is 81.2 Å². The van der Waals surface area contributed by atoms with Crippen LogP contribution in [0.4, 0.5) is 19.0 Å². The van der Waals surface area contributed by atoms with Crippen LogP contribution in [0.3, 0.4) is 0 Å². The van der Waals surface area contributed by atoms with Crippen LogP contribution in [0.5, 0.6) is 0 Å². The second kappa shape index (κ2) is 7.68. The quantitative estimate of drug-likeness (QED) is 0.214. The predicted molar refractivity (Wildman–Crippen MR) is 78.9 cm³/mol. The number of nitrogens with zero attached hydrogens (tertiary/aromatic N) is 2. The van der Waals surface area contributed by atoms with Crippen LogP contribution in [-0.4, -0.2) is 27.9 Å². The molecule has 0 amide bonds. The average molecular weight is 357 g/mol. The van der Waals surface area contributed by atoms with Gasteiger partial charge in [-0.05, 0) is 24.5 Å². The van der Waals surface area contributed by atoms with Crippen molar-refractivity contribution in [1.82, 2.24) is 9.59 Å². The van der Waals surface area contributed by atoms with Crippen molar-refractivity contribution in [3.63, 3.8) is 0 Å². The van der Waals surface area contributed by atoms with Crippen molar-refractivity contribution in [1.29, 1.82) is 0 Å². The summed E-state index contributed by atoms with van der Waals surface area (Å²) in [5.74, 6) is -6.15. The first-order valence-electron chi connectivity index (χ1n) is 6.54. The summed E-state index contributed by atoms with van der Waals surface area (Å²) in [6.45, 7) is 1.47. The van der Waals surface area contributed by atoms with E-state index in [9.17, 15) is 22.8 Å². The lowest BCUT2D eigenvalue weighted by atomic mass is 10.0. The summed E-state index contributed by atoms with van der Waals surface area (Å²) in [4.78, 5) is 24.2. The first-order valence-corrected chi connectivity index (χ1v) is 7.37. The van der Waals surface area contributed by atoms with E-state index in [0.717, 1.165) is 17.7 Å². The number of esters is 1. The van der Waals surface area contributed by atoms with E-state index >= 15 is 0 Å². The van der Waals surface area contributed by atoms with Gasteiger partial charge in [-0.2, -0.15) is 0 Å². The van der Waals surface area contributed by atoms with Gasteiger partial charge in [0.1, 0.15) is 11.4 Å². The third-order valence-electron chi connectivity index (χ3n) is 2.72. The molecule has 10 heteroatoms. The highest BCUT2D eigenvalue weighted by Gasteiger charge is 2.25. The molecule has 0 spiro atoms. The normalized spacial score (nSPS) is 11.2. The van der Waals surface area contributed by atoms with Gasteiger partial charge in [-0.3, -0.25) is 4.79 Å². The number of aromatic nitrogens is 2. The fourth-order valence-corrected chi connectivity index (χ4v) is 2.04. The molecule has 0 aliphatic heterocycles. The first-order chi connectivity index (χ1) is 11.4.